The van der Waals surface area contributed by atoms with Crippen LogP contribution >= 0.6 is 0 Å². The summed E-state index contributed by atoms with van der Waals surface area (Å²) in [4.78, 5) is 29.1. The first-order valence-corrected chi connectivity index (χ1v) is 17.4. The number of imidazole rings is 1. The monoisotopic (exact) mass is 695 g/mol. The van der Waals surface area contributed by atoms with Crippen LogP contribution < -0.4 is 15.5 Å². The Morgan fingerprint density at radius 2 is 1.67 bits per heavy atom. The molecule has 1 saturated heterocycles. The first-order chi connectivity index (χ1) is 24.6. The third-order valence-corrected chi connectivity index (χ3v) is 9.61. The van der Waals surface area contributed by atoms with Gasteiger partial charge in [0.25, 0.3) is 0 Å². The molecule has 0 unspecified atom stereocenters. The van der Waals surface area contributed by atoms with Crippen molar-refractivity contribution in [3.05, 3.63) is 95.9 Å². The van der Waals surface area contributed by atoms with Crippen LogP contribution in [0.1, 0.15) is 68.3 Å². The smallest absolute Gasteiger partial charge is 0.407 e. The van der Waals surface area contributed by atoms with Crippen molar-refractivity contribution in [3.63, 3.8) is 0 Å². The molecule has 268 valence electrons. The lowest BCUT2D eigenvalue weighted by Gasteiger charge is -2.23. The number of aliphatic hydroxyl groups excluding tert-OH is 3. The maximum atomic E-state index is 12.5. The Morgan fingerprint density at radius 3 is 2.31 bits per heavy atom. The molecule has 5 N–H and O–H groups in total. The minimum atomic E-state index is -1.17. The van der Waals surface area contributed by atoms with E-state index in [-0.39, 0.29) is 18.6 Å². The van der Waals surface area contributed by atoms with Crippen LogP contribution in [-0.4, -0.2) is 94.2 Å². The number of carbonyl (C=O) groups excluding carboxylic acids is 1. The normalized spacial score (nSPS) is 22.2. The summed E-state index contributed by atoms with van der Waals surface area (Å²) in [5.41, 5.74) is 3.34. The molecule has 1 amide bonds. The minimum Gasteiger partial charge on any atom is -0.444 e. The van der Waals surface area contributed by atoms with Gasteiger partial charge in [-0.25, -0.2) is 14.8 Å². The lowest BCUT2D eigenvalue weighted by Crippen LogP contribution is -2.40. The van der Waals surface area contributed by atoms with Gasteiger partial charge in [0.05, 0.1) is 37.1 Å². The average Bonchev–Trinajstić information content (AvgIpc) is 3.91. The van der Waals surface area contributed by atoms with Gasteiger partial charge in [0.15, 0.2) is 5.65 Å². The number of ether oxygens (including phenoxy) is 1. The number of carbonyl (C=O) groups is 1. The van der Waals surface area contributed by atoms with Crippen molar-refractivity contribution in [2.45, 2.75) is 82.1 Å². The van der Waals surface area contributed by atoms with Crippen molar-refractivity contribution < 1.29 is 24.9 Å². The van der Waals surface area contributed by atoms with Crippen LogP contribution in [0.5, 0.6) is 0 Å². The molecule has 2 fully saturated rings. The summed E-state index contributed by atoms with van der Waals surface area (Å²) in [6.07, 6.45) is 3.19. The van der Waals surface area contributed by atoms with E-state index in [1.165, 1.54) is 0 Å². The summed E-state index contributed by atoms with van der Waals surface area (Å²) in [6.45, 7) is 6.93. The summed E-state index contributed by atoms with van der Waals surface area (Å²) < 4.78 is 8.94. The predicted octanol–water partition coefficient (Wildman–Crippen LogP) is 3.77. The molecule has 2 aromatic carbocycles. The highest BCUT2D eigenvalue weighted by Crippen LogP contribution is 2.42. The van der Waals surface area contributed by atoms with E-state index in [4.69, 9.17) is 14.7 Å². The molecule has 0 radical (unpaired) electrons. The number of alkyl carbamates (subject to hydrolysis) is 1. The summed E-state index contributed by atoms with van der Waals surface area (Å²) in [7, 11) is 0. The lowest BCUT2D eigenvalue weighted by molar-refractivity contribution is 0.00746. The van der Waals surface area contributed by atoms with Gasteiger partial charge in [-0.3, -0.25) is 9.25 Å². The van der Waals surface area contributed by atoms with Gasteiger partial charge in [-0.2, -0.15) is 10.1 Å². The number of amides is 1. The van der Waals surface area contributed by atoms with E-state index in [2.05, 4.69) is 45.0 Å². The fourth-order valence-corrected chi connectivity index (χ4v) is 7.14. The number of nitrogens with one attached hydrogen (secondary N) is 2. The second-order valence-corrected chi connectivity index (χ2v) is 14.4. The van der Waals surface area contributed by atoms with Crippen LogP contribution in [0.2, 0.25) is 0 Å². The van der Waals surface area contributed by atoms with Crippen molar-refractivity contribution in [3.8, 4) is 0 Å². The molecule has 5 atom stereocenters. The first kappa shape index (κ1) is 34.4. The van der Waals surface area contributed by atoms with Crippen LogP contribution in [-0.2, 0) is 11.3 Å². The van der Waals surface area contributed by atoms with Gasteiger partial charge in [-0.1, -0.05) is 60.7 Å². The van der Waals surface area contributed by atoms with Gasteiger partial charge in [0.1, 0.15) is 23.3 Å². The van der Waals surface area contributed by atoms with E-state index in [0.717, 1.165) is 11.1 Å². The van der Waals surface area contributed by atoms with E-state index in [9.17, 15) is 20.1 Å². The lowest BCUT2D eigenvalue weighted by atomic mass is 9.91. The fraction of sp³-hybridized carbons (Fsp3) is 0.432. The molecule has 1 saturated carbocycles. The Kier molecular flexibility index (Phi) is 9.64. The molecule has 2 aliphatic rings. The Hall–Kier alpha value is -5.05. The average molecular weight is 696 g/mol. The molecule has 14 nitrogen and oxygen atoms in total. The quantitative estimate of drug-likeness (QED) is 0.144. The molecule has 14 heteroatoms. The van der Waals surface area contributed by atoms with Crippen LogP contribution in [0, 0.1) is 0 Å². The molecule has 3 aromatic heterocycles. The van der Waals surface area contributed by atoms with Gasteiger partial charge < -0.3 is 35.6 Å². The molecule has 4 heterocycles. The van der Waals surface area contributed by atoms with E-state index in [0.29, 0.717) is 61.1 Å². The highest BCUT2D eigenvalue weighted by molar-refractivity contribution is 5.75. The number of benzene rings is 2. The van der Waals surface area contributed by atoms with Gasteiger partial charge in [-0.05, 0) is 44.7 Å². The second-order valence-electron chi connectivity index (χ2n) is 14.4. The Balaban J connectivity index is 1.22. The van der Waals surface area contributed by atoms with Gasteiger partial charge in [-0.15, -0.1) is 0 Å². The molecule has 1 aliphatic carbocycles. The predicted molar refractivity (Wildman–Crippen MR) is 191 cm³/mol. The Labute approximate surface area is 296 Å². The molecular formula is C37H45N9O5. The van der Waals surface area contributed by atoms with Crippen LogP contribution in [0.15, 0.2) is 79.3 Å². The molecule has 0 bridgehead atoms. The summed E-state index contributed by atoms with van der Waals surface area (Å²) >= 11 is 0. The van der Waals surface area contributed by atoms with Crippen molar-refractivity contribution in [2.24, 2.45) is 0 Å². The zero-order valence-corrected chi connectivity index (χ0v) is 29.0. The maximum absolute atomic E-state index is 12.5. The number of rotatable bonds is 10. The van der Waals surface area contributed by atoms with Gasteiger partial charge in [0, 0.05) is 37.3 Å². The van der Waals surface area contributed by atoms with Gasteiger partial charge >= 0.3 is 6.09 Å². The first-order valence-electron chi connectivity index (χ1n) is 17.4. The summed E-state index contributed by atoms with van der Waals surface area (Å²) in [5.74, 6) is 0.959. The number of anilines is 2. The largest absolute Gasteiger partial charge is 0.444 e. The van der Waals surface area contributed by atoms with E-state index in [1.54, 1.807) is 23.3 Å². The molecule has 0 spiro atoms. The number of hydrogen-bond acceptors (Lipinski definition) is 11. The highest BCUT2D eigenvalue weighted by Gasteiger charge is 2.45. The number of aliphatic hydroxyl groups is 3. The summed E-state index contributed by atoms with van der Waals surface area (Å²) in [5, 5.41) is 43.5. The van der Waals surface area contributed by atoms with Crippen molar-refractivity contribution >= 4 is 29.2 Å². The zero-order valence-electron chi connectivity index (χ0n) is 29.0. The zero-order chi connectivity index (χ0) is 35.7. The van der Waals surface area contributed by atoms with Crippen LogP contribution in [0.25, 0.3) is 11.2 Å². The fourth-order valence-electron chi connectivity index (χ4n) is 7.14. The Bertz CT molecular complexity index is 1900. The molecule has 51 heavy (non-hydrogen) atoms. The van der Waals surface area contributed by atoms with E-state index in [1.807, 2.05) is 66.6 Å². The van der Waals surface area contributed by atoms with E-state index >= 15 is 0 Å². The third kappa shape index (κ3) is 7.39. The number of aromatic nitrogens is 6. The standard InChI is InChI=1S/C37H45N9O5/c1-37(2,3)51-36(50)41-26-14-15-44(21-26)34-39-19-28-33(43-34)46(30-16-29(31(48)32(30)49)45-20-23(22-47)17-40-45)35(42-28)38-18-27(24-10-6-4-7-11-24)25-12-8-5-9-13-25/h4-13,17,19-20,26-27,29-32,47-49H,14-16,18,21-22H2,1-3H3,(H,38,42)(H,41,50)/t26-,29+,30-,31-,32+/m1/s1. The SMILES string of the molecule is CC(C)(C)OC(=O)N[C@@H]1CCN(c2ncc3nc(NCC(c4ccccc4)c4ccccc4)n([C@@H]4C[C@H](n5cc(CO)cn5)[C@@H](O)[C@H]4O)c3n2)C1. The second kappa shape index (κ2) is 14.3. The number of nitrogens with zero attached hydrogens (tertiary/aromatic N) is 7. The molecule has 5 aromatic rings. The number of hydrogen-bond donors (Lipinski definition) is 5. The highest BCUT2D eigenvalue weighted by atomic mass is 16.6. The topological polar surface area (TPSA) is 176 Å². The van der Waals surface area contributed by atoms with Crippen molar-refractivity contribution in [1.29, 1.82) is 0 Å². The van der Waals surface area contributed by atoms with E-state index < -0.39 is 36.0 Å². The Morgan fingerprint density at radius 1 is 0.980 bits per heavy atom. The maximum Gasteiger partial charge on any atom is 0.407 e. The number of fused-ring (bicyclic) bond motifs is 1. The molecular weight excluding hydrogens is 650 g/mol. The van der Waals surface area contributed by atoms with Crippen LogP contribution in [0.3, 0.4) is 0 Å². The van der Waals surface area contributed by atoms with Crippen LogP contribution in [0.4, 0.5) is 16.7 Å². The molecule has 1 aliphatic heterocycles. The van der Waals surface area contributed by atoms with Crippen molar-refractivity contribution in [2.75, 3.05) is 29.9 Å². The van der Waals surface area contributed by atoms with Gasteiger partial charge in [0.2, 0.25) is 11.9 Å². The summed E-state index contributed by atoms with van der Waals surface area (Å²) in [6, 6.07) is 19.2. The molecule has 7 rings (SSSR count). The third-order valence-electron chi connectivity index (χ3n) is 9.61. The minimum absolute atomic E-state index is 0.00543. The van der Waals surface area contributed by atoms with Crippen molar-refractivity contribution in [1.82, 2.24) is 34.6 Å².